The smallest absolute Gasteiger partial charge is 0.405 e. The Kier molecular flexibility index (Phi) is 9.09. The summed E-state index contributed by atoms with van der Waals surface area (Å²) >= 11 is 0. The van der Waals surface area contributed by atoms with Crippen LogP contribution in [0.15, 0.2) is 36.5 Å². The maximum Gasteiger partial charge on any atom is 0.573 e. The van der Waals surface area contributed by atoms with Gasteiger partial charge in [0.2, 0.25) is 0 Å². The number of benzene rings is 1. The number of hydrogen-bond donors (Lipinski definition) is 0. The number of amides is 1. The number of aromatic nitrogens is 1. The molecule has 3 saturated heterocycles. The van der Waals surface area contributed by atoms with Crippen molar-refractivity contribution in [3.05, 3.63) is 53.3 Å². The molecule has 0 aliphatic carbocycles. The van der Waals surface area contributed by atoms with Crippen molar-refractivity contribution in [2.45, 2.75) is 135 Å². The van der Waals surface area contributed by atoms with Gasteiger partial charge in [0.1, 0.15) is 5.75 Å². The van der Waals surface area contributed by atoms with Gasteiger partial charge in [0.05, 0.1) is 44.9 Å². The number of carbonyl (C=O) groups excluding carboxylic acids is 1. The van der Waals surface area contributed by atoms with Crippen LogP contribution in [0.4, 0.5) is 13.2 Å². The van der Waals surface area contributed by atoms with E-state index in [0.717, 1.165) is 0 Å². The van der Waals surface area contributed by atoms with Crippen LogP contribution in [0.2, 0.25) is 0 Å². The molecule has 270 valence electrons. The number of para-hydroxylation sites is 1. The largest absolute Gasteiger partial charge is 0.573 e. The highest BCUT2D eigenvalue weighted by atomic mass is 19.4. The first-order chi connectivity index (χ1) is 22.9. The lowest BCUT2D eigenvalue weighted by atomic mass is 9.49. The van der Waals surface area contributed by atoms with E-state index in [0.29, 0.717) is 42.5 Å². The minimum absolute atomic E-state index is 0.0490. The van der Waals surface area contributed by atoms with Gasteiger partial charge < -0.3 is 37.6 Å². The number of pyridine rings is 1. The number of carbonyl (C=O) groups is 1. The second-order valence-electron chi connectivity index (χ2n) is 16.2. The van der Waals surface area contributed by atoms with Gasteiger partial charge in [0.25, 0.3) is 5.91 Å². The van der Waals surface area contributed by atoms with Crippen LogP contribution in [-0.2, 0) is 40.9 Å². The molecular formula is C34H46B3F3N2O8. The molecule has 3 fully saturated rings. The Labute approximate surface area is 293 Å². The van der Waals surface area contributed by atoms with Crippen molar-refractivity contribution >= 4 is 32.5 Å². The molecule has 16 heteroatoms. The van der Waals surface area contributed by atoms with Gasteiger partial charge in [-0.3, -0.25) is 9.78 Å². The van der Waals surface area contributed by atoms with Crippen LogP contribution in [0.25, 0.3) is 0 Å². The molecule has 10 nitrogen and oxygen atoms in total. The zero-order valence-electron chi connectivity index (χ0n) is 30.5. The molecule has 1 amide bonds. The van der Waals surface area contributed by atoms with E-state index in [4.69, 9.17) is 27.9 Å². The standard InChI is InChI=1S/C34H46B3F3N2O8/c1-28(2)29(3,4)47-36(46-28)37-48-31(7,8)33(10,50-37)17-16-32(9)30(5,6)45-35(49-32)23-19-24-25(41-20-23)15-18-42(27(24)43)21-22-13-11-12-14-26(22)44-34(38,39)40/h11-14,19-20H,15-18,21H2,1-10H3. The molecular weight excluding hydrogens is 654 g/mol. The highest BCUT2D eigenvalue weighted by molar-refractivity contribution is 7.11. The van der Waals surface area contributed by atoms with Crippen molar-refractivity contribution in [3.8, 4) is 5.75 Å². The summed E-state index contributed by atoms with van der Waals surface area (Å²) in [5.41, 5.74) is -2.15. The first-order valence-electron chi connectivity index (χ1n) is 17.1. The van der Waals surface area contributed by atoms with Crippen molar-refractivity contribution in [1.82, 2.24) is 9.88 Å². The molecule has 50 heavy (non-hydrogen) atoms. The molecule has 1 aromatic heterocycles. The van der Waals surface area contributed by atoms with Crippen LogP contribution in [0.3, 0.4) is 0 Å². The lowest BCUT2D eigenvalue weighted by molar-refractivity contribution is -0.275. The van der Waals surface area contributed by atoms with E-state index < -0.39 is 61.1 Å². The summed E-state index contributed by atoms with van der Waals surface area (Å²) in [5.74, 6) is -0.678. The van der Waals surface area contributed by atoms with Gasteiger partial charge in [-0.05, 0) is 94.2 Å². The van der Waals surface area contributed by atoms with E-state index in [1.807, 2.05) is 69.2 Å². The molecule has 4 aliphatic heterocycles. The Morgan fingerprint density at radius 3 is 2.00 bits per heavy atom. The molecule has 5 heterocycles. The van der Waals surface area contributed by atoms with Crippen molar-refractivity contribution in [1.29, 1.82) is 0 Å². The van der Waals surface area contributed by atoms with Crippen LogP contribution in [0, 0.1) is 0 Å². The second kappa shape index (κ2) is 12.2. The first-order valence-corrected chi connectivity index (χ1v) is 17.1. The molecule has 6 rings (SSSR count). The van der Waals surface area contributed by atoms with E-state index in [2.05, 4.69) is 9.72 Å². The molecule has 2 unspecified atom stereocenters. The van der Waals surface area contributed by atoms with Crippen LogP contribution in [0.5, 0.6) is 5.75 Å². The topological polar surface area (TPSA) is 97.8 Å². The number of hydrogen-bond acceptors (Lipinski definition) is 9. The Balaban J connectivity index is 1.15. The van der Waals surface area contributed by atoms with Gasteiger partial charge in [-0.1, -0.05) is 18.2 Å². The zero-order valence-corrected chi connectivity index (χ0v) is 30.5. The van der Waals surface area contributed by atoms with E-state index in [1.54, 1.807) is 18.3 Å². The number of alkyl halides is 3. The van der Waals surface area contributed by atoms with Gasteiger partial charge >= 0.3 is 27.5 Å². The predicted molar refractivity (Wildman–Crippen MR) is 182 cm³/mol. The summed E-state index contributed by atoms with van der Waals surface area (Å²) < 4.78 is 81.9. The maximum absolute atomic E-state index is 13.7. The lowest BCUT2D eigenvalue weighted by Crippen LogP contribution is -2.50. The van der Waals surface area contributed by atoms with Crippen LogP contribution < -0.4 is 10.2 Å². The molecule has 0 saturated carbocycles. The van der Waals surface area contributed by atoms with Crippen molar-refractivity contribution in [2.24, 2.45) is 0 Å². The third-order valence-electron chi connectivity index (χ3n) is 11.6. The lowest BCUT2D eigenvalue weighted by Gasteiger charge is -2.42. The maximum atomic E-state index is 13.7. The van der Waals surface area contributed by atoms with Crippen molar-refractivity contribution < 1.29 is 50.6 Å². The van der Waals surface area contributed by atoms with Crippen molar-refractivity contribution in [2.75, 3.05) is 6.54 Å². The van der Waals surface area contributed by atoms with Gasteiger partial charge in [-0.2, -0.15) is 0 Å². The Morgan fingerprint density at radius 1 is 0.800 bits per heavy atom. The average Bonchev–Trinajstić information content (AvgIpc) is 3.49. The monoisotopic (exact) mass is 700 g/mol. The van der Waals surface area contributed by atoms with E-state index in [-0.39, 0.29) is 23.8 Å². The summed E-state index contributed by atoms with van der Waals surface area (Å²) in [6.45, 7) is 20.2. The van der Waals surface area contributed by atoms with E-state index >= 15 is 0 Å². The normalized spacial score (nSPS) is 28.4. The van der Waals surface area contributed by atoms with Gasteiger partial charge in [0.15, 0.2) is 0 Å². The summed E-state index contributed by atoms with van der Waals surface area (Å²) in [4.78, 5) is 19.8. The van der Waals surface area contributed by atoms with E-state index in [1.165, 1.54) is 23.1 Å². The van der Waals surface area contributed by atoms with Gasteiger partial charge in [-0.15, -0.1) is 13.2 Å². The average molecular weight is 700 g/mol. The highest BCUT2D eigenvalue weighted by Crippen LogP contribution is 2.48. The minimum Gasteiger partial charge on any atom is -0.405 e. The quantitative estimate of drug-likeness (QED) is 0.332. The highest BCUT2D eigenvalue weighted by Gasteiger charge is 2.65. The predicted octanol–water partition coefficient (Wildman–Crippen LogP) is 5.48. The van der Waals surface area contributed by atoms with Gasteiger partial charge in [0, 0.05) is 36.7 Å². The first kappa shape index (κ1) is 37.2. The second-order valence-corrected chi connectivity index (χ2v) is 16.2. The minimum atomic E-state index is -4.85. The Hall–Kier alpha value is -2.62. The summed E-state index contributed by atoms with van der Waals surface area (Å²) in [6, 6.07) is 7.54. The summed E-state index contributed by atoms with van der Waals surface area (Å²) in [5, 5.41) is 0. The number of rotatable bonds is 8. The van der Waals surface area contributed by atoms with Crippen molar-refractivity contribution in [3.63, 3.8) is 0 Å². The zero-order chi connectivity index (χ0) is 36.7. The summed E-state index contributed by atoms with van der Waals surface area (Å²) in [7, 11) is -2.20. The SMILES string of the molecule is CC1(C)OB(B2OC(C)(C)C(C)(CCC3(C)OB(c4cnc5c(c4)C(=O)N(Cc4ccccc4OC(F)(F)F)CC5)OC3(C)C)O2)OC1(C)C. The number of nitrogens with zero attached hydrogens (tertiary/aromatic N) is 2. The Bertz CT molecular complexity index is 1630. The van der Waals surface area contributed by atoms with Crippen LogP contribution >= 0.6 is 0 Å². The molecule has 0 spiro atoms. The van der Waals surface area contributed by atoms with Gasteiger partial charge in [-0.25, -0.2) is 0 Å². The third-order valence-corrected chi connectivity index (χ3v) is 11.6. The molecule has 4 aliphatic rings. The summed E-state index contributed by atoms with van der Waals surface area (Å²) in [6.07, 6.45) is -1.61. The fourth-order valence-corrected chi connectivity index (χ4v) is 6.83. The van der Waals surface area contributed by atoms with Crippen LogP contribution in [0.1, 0.15) is 104 Å². The molecule has 2 aromatic rings. The fraction of sp³-hybridized carbons (Fsp3) is 0.647. The number of ether oxygens (including phenoxy) is 1. The number of halogens is 3. The molecule has 0 N–H and O–H groups in total. The molecule has 2 atom stereocenters. The Morgan fingerprint density at radius 2 is 1.36 bits per heavy atom. The van der Waals surface area contributed by atoms with E-state index in [9.17, 15) is 18.0 Å². The number of fused-ring (bicyclic) bond motifs is 1. The molecule has 0 bridgehead atoms. The molecule has 0 radical (unpaired) electrons. The fourth-order valence-electron chi connectivity index (χ4n) is 6.83. The molecule has 1 aromatic carbocycles. The van der Waals surface area contributed by atoms with Crippen LogP contribution in [-0.4, -0.2) is 83.4 Å². The third kappa shape index (κ3) is 6.72.